The summed E-state index contributed by atoms with van der Waals surface area (Å²) < 4.78 is 1.93. The Bertz CT molecular complexity index is 436. The van der Waals surface area contributed by atoms with Gasteiger partial charge in [0.25, 0.3) is 0 Å². The number of alkyl halides is 1. The number of aryl methyl sites for hydroxylation is 1. The molecule has 0 aliphatic rings. The minimum absolute atomic E-state index is 0.437. The summed E-state index contributed by atoms with van der Waals surface area (Å²) in [6.07, 6.45) is 5.44. The summed E-state index contributed by atoms with van der Waals surface area (Å²) in [5, 5.41) is 0. The van der Waals surface area contributed by atoms with E-state index in [9.17, 15) is 0 Å². The van der Waals surface area contributed by atoms with Crippen molar-refractivity contribution in [1.29, 1.82) is 0 Å². The number of hydrogen-bond acceptors (Lipinski definition) is 2. The maximum absolute atomic E-state index is 5.68. The Morgan fingerprint density at radius 2 is 2.29 bits per heavy atom. The molecule has 2 heterocycles. The van der Waals surface area contributed by atoms with Gasteiger partial charge in [-0.15, -0.1) is 11.6 Å². The first kappa shape index (κ1) is 9.21. The Morgan fingerprint density at radius 1 is 1.43 bits per heavy atom. The monoisotopic (exact) mass is 207 g/mol. The fraction of sp³-hybridized carbons (Fsp3) is 0.200. The second kappa shape index (κ2) is 3.80. The predicted molar refractivity (Wildman–Crippen MR) is 55.7 cm³/mol. The lowest BCUT2D eigenvalue weighted by atomic mass is 10.3. The van der Waals surface area contributed by atoms with Crippen LogP contribution >= 0.6 is 11.6 Å². The fourth-order valence-electron chi connectivity index (χ4n) is 1.31. The second-order valence-electron chi connectivity index (χ2n) is 3.01. The Labute approximate surface area is 87.4 Å². The molecule has 0 aromatic carbocycles. The van der Waals surface area contributed by atoms with Crippen molar-refractivity contribution in [2.75, 3.05) is 0 Å². The number of pyridine rings is 1. The van der Waals surface area contributed by atoms with Crippen LogP contribution in [0.15, 0.2) is 30.9 Å². The second-order valence-corrected chi connectivity index (χ2v) is 3.28. The standard InChI is InChI=1S/C10H10ClN3/c1-8-10(3-2-4-12-8)14-6-9(5-11)13-7-14/h2-4,6-7H,5H2,1H3. The SMILES string of the molecule is Cc1ncccc1-n1cnc(CCl)c1. The molecule has 0 aliphatic heterocycles. The molecule has 0 atom stereocenters. The topological polar surface area (TPSA) is 30.7 Å². The lowest BCUT2D eigenvalue weighted by Crippen LogP contribution is -1.95. The number of imidazole rings is 1. The largest absolute Gasteiger partial charge is 0.304 e. The molecule has 3 nitrogen and oxygen atoms in total. The lowest BCUT2D eigenvalue weighted by molar-refractivity contribution is 1.01. The molecule has 0 radical (unpaired) electrons. The van der Waals surface area contributed by atoms with Crippen LogP contribution in [0.3, 0.4) is 0 Å². The number of rotatable bonds is 2. The van der Waals surface area contributed by atoms with Gasteiger partial charge in [0.2, 0.25) is 0 Å². The van der Waals surface area contributed by atoms with Crippen LogP contribution < -0.4 is 0 Å². The van der Waals surface area contributed by atoms with Crippen LogP contribution in [0.5, 0.6) is 0 Å². The number of halogens is 1. The van der Waals surface area contributed by atoms with E-state index in [-0.39, 0.29) is 0 Å². The third-order valence-corrected chi connectivity index (χ3v) is 2.30. The molecule has 0 N–H and O–H groups in total. The minimum atomic E-state index is 0.437. The van der Waals surface area contributed by atoms with Crippen LogP contribution in [0.1, 0.15) is 11.4 Å². The lowest BCUT2D eigenvalue weighted by Gasteiger charge is -2.03. The van der Waals surface area contributed by atoms with Gasteiger partial charge < -0.3 is 4.57 Å². The smallest absolute Gasteiger partial charge is 0.0996 e. The predicted octanol–water partition coefficient (Wildman–Crippen LogP) is 2.31. The highest BCUT2D eigenvalue weighted by atomic mass is 35.5. The van der Waals surface area contributed by atoms with Gasteiger partial charge >= 0.3 is 0 Å². The van der Waals surface area contributed by atoms with Gasteiger partial charge in [0.15, 0.2) is 0 Å². The Balaban J connectivity index is 2.44. The van der Waals surface area contributed by atoms with Crippen molar-refractivity contribution in [2.24, 2.45) is 0 Å². The van der Waals surface area contributed by atoms with Crippen molar-refractivity contribution >= 4 is 11.6 Å². The molecule has 0 amide bonds. The Kier molecular flexibility index (Phi) is 2.50. The molecule has 0 spiro atoms. The molecule has 0 aliphatic carbocycles. The van der Waals surface area contributed by atoms with E-state index in [1.54, 1.807) is 12.5 Å². The zero-order valence-corrected chi connectivity index (χ0v) is 8.57. The van der Waals surface area contributed by atoms with E-state index in [2.05, 4.69) is 9.97 Å². The summed E-state index contributed by atoms with van der Waals surface area (Å²) in [6.45, 7) is 1.97. The van der Waals surface area contributed by atoms with Crippen LogP contribution in [0.4, 0.5) is 0 Å². The molecular formula is C10H10ClN3. The summed E-state index contributed by atoms with van der Waals surface area (Å²) in [5.74, 6) is 0.437. The molecule has 0 unspecified atom stereocenters. The molecule has 14 heavy (non-hydrogen) atoms. The summed E-state index contributed by atoms with van der Waals surface area (Å²) in [6, 6.07) is 3.91. The van der Waals surface area contributed by atoms with Gasteiger partial charge in [-0.25, -0.2) is 4.98 Å². The van der Waals surface area contributed by atoms with Gasteiger partial charge in [0.1, 0.15) is 0 Å². The van der Waals surface area contributed by atoms with Crippen molar-refractivity contribution in [3.8, 4) is 5.69 Å². The highest BCUT2D eigenvalue weighted by Gasteiger charge is 2.02. The fourth-order valence-corrected chi connectivity index (χ4v) is 1.45. The molecule has 2 rings (SSSR count). The van der Waals surface area contributed by atoms with E-state index in [1.165, 1.54) is 0 Å². The Morgan fingerprint density at radius 3 is 2.93 bits per heavy atom. The average molecular weight is 208 g/mol. The molecule has 4 heteroatoms. The van der Waals surface area contributed by atoms with Gasteiger partial charge in [-0.05, 0) is 19.1 Å². The summed E-state index contributed by atoms with van der Waals surface area (Å²) in [7, 11) is 0. The van der Waals surface area contributed by atoms with Gasteiger partial charge in [-0.2, -0.15) is 0 Å². The van der Waals surface area contributed by atoms with Gasteiger partial charge in [-0.1, -0.05) is 0 Å². The van der Waals surface area contributed by atoms with E-state index in [0.717, 1.165) is 17.1 Å². The molecule has 72 valence electrons. The maximum Gasteiger partial charge on any atom is 0.0996 e. The van der Waals surface area contributed by atoms with Crippen molar-refractivity contribution in [3.63, 3.8) is 0 Å². The van der Waals surface area contributed by atoms with E-state index < -0.39 is 0 Å². The van der Waals surface area contributed by atoms with E-state index in [0.29, 0.717) is 5.88 Å². The van der Waals surface area contributed by atoms with Gasteiger partial charge in [0, 0.05) is 12.4 Å². The molecule has 0 fully saturated rings. The van der Waals surface area contributed by atoms with Crippen LogP contribution in [0, 0.1) is 6.92 Å². The molecule has 0 saturated carbocycles. The number of hydrogen-bond donors (Lipinski definition) is 0. The van der Waals surface area contributed by atoms with Gasteiger partial charge in [0.05, 0.1) is 29.3 Å². The minimum Gasteiger partial charge on any atom is -0.304 e. The first-order valence-electron chi connectivity index (χ1n) is 4.32. The molecular weight excluding hydrogens is 198 g/mol. The number of aromatic nitrogens is 3. The molecule has 2 aromatic rings. The highest BCUT2D eigenvalue weighted by molar-refractivity contribution is 6.16. The number of nitrogens with zero attached hydrogens (tertiary/aromatic N) is 3. The summed E-state index contributed by atoms with van der Waals surface area (Å²) in [5.41, 5.74) is 2.89. The molecule has 2 aromatic heterocycles. The first-order chi connectivity index (χ1) is 6.81. The van der Waals surface area contributed by atoms with Gasteiger partial charge in [-0.3, -0.25) is 4.98 Å². The summed E-state index contributed by atoms with van der Waals surface area (Å²) in [4.78, 5) is 8.36. The van der Waals surface area contributed by atoms with Crippen molar-refractivity contribution in [1.82, 2.24) is 14.5 Å². The van der Waals surface area contributed by atoms with E-state index in [4.69, 9.17) is 11.6 Å². The zero-order valence-electron chi connectivity index (χ0n) is 7.81. The molecule has 0 bridgehead atoms. The van der Waals surface area contributed by atoms with Crippen LogP contribution in [0.25, 0.3) is 5.69 Å². The van der Waals surface area contributed by atoms with Crippen molar-refractivity contribution in [3.05, 3.63) is 42.2 Å². The van der Waals surface area contributed by atoms with Crippen molar-refractivity contribution in [2.45, 2.75) is 12.8 Å². The maximum atomic E-state index is 5.68. The third-order valence-electron chi connectivity index (χ3n) is 2.03. The normalized spacial score (nSPS) is 10.4. The zero-order chi connectivity index (χ0) is 9.97. The average Bonchev–Trinajstić information content (AvgIpc) is 2.67. The van der Waals surface area contributed by atoms with E-state index >= 15 is 0 Å². The van der Waals surface area contributed by atoms with Crippen molar-refractivity contribution < 1.29 is 0 Å². The third kappa shape index (κ3) is 1.63. The Hall–Kier alpha value is -1.35. The quantitative estimate of drug-likeness (QED) is 0.708. The first-order valence-corrected chi connectivity index (χ1v) is 4.85. The van der Waals surface area contributed by atoms with Crippen LogP contribution in [-0.4, -0.2) is 14.5 Å². The molecule has 0 saturated heterocycles. The highest BCUT2D eigenvalue weighted by Crippen LogP contribution is 2.11. The van der Waals surface area contributed by atoms with Crippen LogP contribution in [0.2, 0.25) is 0 Å². The van der Waals surface area contributed by atoms with E-state index in [1.807, 2.05) is 29.8 Å². The van der Waals surface area contributed by atoms with Crippen LogP contribution in [-0.2, 0) is 5.88 Å². The summed E-state index contributed by atoms with van der Waals surface area (Å²) >= 11 is 5.68.